The fourth-order valence-electron chi connectivity index (χ4n) is 2.63. The first-order valence-corrected chi connectivity index (χ1v) is 8.58. The Hall–Kier alpha value is -3.14. The molecule has 0 aliphatic carbocycles. The van der Waals surface area contributed by atoms with Gasteiger partial charge in [0.25, 0.3) is 0 Å². The van der Waals surface area contributed by atoms with Gasteiger partial charge in [0.1, 0.15) is 11.5 Å². The van der Waals surface area contributed by atoms with Gasteiger partial charge in [0.15, 0.2) is 5.78 Å². The fraction of sp³-hybridized carbons (Fsp3) is 0.182. The van der Waals surface area contributed by atoms with Crippen molar-refractivity contribution in [1.82, 2.24) is 0 Å². The highest BCUT2D eigenvalue weighted by molar-refractivity contribution is 5.95. The number of nitrogens with one attached hydrogen (secondary N) is 1. The van der Waals surface area contributed by atoms with Crippen molar-refractivity contribution < 1.29 is 14.0 Å². The molecule has 0 bridgehead atoms. The molecule has 1 N–H and O–H groups in total. The van der Waals surface area contributed by atoms with Crippen LogP contribution in [-0.2, 0) is 11.2 Å². The predicted molar refractivity (Wildman–Crippen MR) is 102 cm³/mol. The Morgan fingerprint density at radius 3 is 2.27 bits per heavy atom. The van der Waals surface area contributed by atoms with Gasteiger partial charge in [-0.2, -0.15) is 0 Å². The molecule has 4 heteroatoms. The number of aryl methyl sites for hydroxylation is 2. The van der Waals surface area contributed by atoms with Gasteiger partial charge in [0.05, 0.1) is 0 Å². The molecule has 1 aromatic heterocycles. The lowest BCUT2D eigenvalue weighted by Gasteiger charge is -2.05. The zero-order valence-corrected chi connectivity index (χ0v) is 14.9. The summed E-state index contributed by atoms with van der Waals surface area (Å²) in [5.74, 6) is 1.50. The van der Waals surface area contributed by atoms with Crippen LogP contribution in [0.25, 0.3) is 11.3 Å². The number of carbonyl (C=O) groups excluding carboxylic acids is 2. The molecule has 0 unspecified atom stereocenters. The Balaban J connectivity index is 1.54. The Labute approximate surface area is 152 Å². The average molecular weight is 347 g/mol. The van der Waals surface area contributed by atoms with Crippen LogP contribution in [0.2, 0.25) is 0 Å². The largest absolute Gasteiger partial charge is 0.461 e. The smallest absolute Gasteiger partial charge is 0.224 e. The number of hydrogen-bond donors (Lipinski definition) is 1. The van der Waals surface area contributed by atoms with E-state index in [-0.39, 0.29) is 11.7 Å². The maximum Gasteiger partial charge on any atom is 0.224 e. The zero-order chi connectivity index (χ0) is 18.5. The molecule has 132 valence electrons. The van der Waals surface area contributed by atoms with E-state index in [1.165, 1.54) is 12.5 Å². The van der Waals surface area contributed by atoms with E-state index in [9.17, 15) is 9.59 Å². The third-order valence-corrected chi connectivity index (χ3v) is 4.17. The van der Waals surface area contributed by atoms with E-state index in [0.717, 1.165) is 17.1 Å². The summed E-state index contributed by atoms with van der Waals surface area (Å²) in [4.78, 5) is 23.4. The molecule has 0 aliphatic rings. The van der Waals surface area contributed by atoms with Crippen molar-refractivity contribution in [3.8, 4) is 11.3 Å². The van der Waals surface area contributed by atoms with Gasteiger partial charge < -0.3 is 9.73 Å². The van der Waals surface area contributed by atoms with E-state index < -0.39 is 0 Å². The molecule has 1 amide bonds. The number of ketones is 1. The van der Waals surface area contributed by atoms with E-state index in [1.54, 1.807) is 24.3 Å². The van der Waals surface area contributed by atoms with Gasteiger partial charge in [-0.05, 0) is 50.2 Å². The van der Waals surface area contributed by atoms with Gasteiger partial charge in [0, 0.05) is 29.7 Å². The second kappa shape index (κ2) is 7.83. The molecular formula is C22H21NO3. The van der Waals surface area contributed by atoms with Gasteiger partial charge in [-0.15, -0.1) is 0 Å². The lowest BCUT2D eigenvalue weighted by atomic mass is 10.1. The summed E-state index contributed by atoms with van der Waals surface area (Å²) < 4.78 is 5.83. The lowest BCUT2D eigenvalue weighted by Crippen LogP contribution is -2.12. The molecule has 1 heterocycles. The van der Waals surface area contributed by atoms with Crippen molar-refractivity contribution in [3.05, 3.63) is 77.6 Å². The number of furan rings is 1. The Morgan fingerprint density at radius 2 is 1.62 bits per heavy atom. The molecule has 0 saturated carbocycles. The number of carbonyl (C=O) groups is 2. The molecule has 3 rings (SSSR count). The van der Waals surface area contributed by atoms with Crippen LogP contribution in [0.4, 0.5) is 5.69 Å². The van der Waals surface area contributed by atoms with Gasteiger partial charge in [-0.25, -0.2) is 0 Å². The number of amides is 1. The molecule has 26 heavy (non-hydrogen) atoms. The molecule has 0 radical (unpaired) electrons. The van der Waals surface area contributed by atoms with Crippen molar-refractivity contribution in [1.29, 1.82) is 0 Å². The van der Waals surface area contributed by atoms with E-state index in [0.29, 0.717) is 24.1 Å². The lowest BCUT2D eigenvalue weighted by molar-refractivity contribution is -0.116. The van der Waals surface area contributed by atoms with E-state index in [2.05, 4.69) is 5.32 Å². The summed E-state index contributed by atoms with van der Waals surface area (Å²) in [6.07, 6.45) is 0.860. The van der Waals surface area contributed by atoms with Crippen molar-refractivity contribution >= 4 is 17.4 Å². The van der Waals surface area contributed by atoms with E-state index >= 15 is 0 Å². The molecule has 0 aliphatic heterocycles. The quantitative estimate of drug-likeness (QED) is 0.636. The van der Waals surface area contributed by atoms with Gasteiger partial charge in [0.2, 0.25) is 5.91 Å². The van der Waals surface area contributed by atoms with Crippen molar-refractivity contribution in [2.24, 2.45) is 0 Å². The van der Waals surface area contributed by atoms with Crippen LogP contribution < -0.4 is 5.32 Å². The number of hydrogen-bond acceptors (Lipinski definition) is 3. The fourth-order valence-corrected chi connectivity index (χ4v) is 2.63. The van der Waals surface area contributed by atoms with Crippen molar-refractivity contribution in [3.63, 3.8) is 0 Å². The molecule has 0 spiro atoms. The molecule has 0 fully saturated rings. The summed E-state index contributed by atoms with van der Waals surface area (Å²) in [7, 11) is 0. The highest BCUT2D eigenvalue weighted by Gasteiger charge is 2.08. The average Bonchev–Trinajstić information content (AvgIpc) is 3.10. The first-order chi connectivity index (χ1) is 12.5. The highest BCUT2D eigenvalue weighted by atomic mass is 16.3. The highest BCUT2D eigenvalue weighted by Crippen LogP contribution is 2.23. The molecular weight excluding hydrogens is 326 g/mol. The molecule has 2 aromatic carbocycles. The summed E-state index contributed by atoms with van der Waals surface area (Å²) in [6, 6.07) is 18.8. The molecule has 0 saturated heterocycles. The Kier molecular flexibility index (Phi) is 5.32. The number of anilines is 1. The SMILES string of the molecule is CC(=O)c1ccc(NC(=O)CCc2ccc(-c3ccc(C)cc3)o2)cc1. The maximum atomic E-state index is 12.1. The van der Waals surface area contributed by atoms with Crippen molar-refractivity contribution in [2.75, 3.05) is 5.32 Å². The molecule has 4 nitrogen and oxygen atoms in total. The topological polar surface area (TPSA) is 59.3 Å². The van der Waals surface area contributed by atoms with E-state index in [1.807, 2.05) is 43.3 Å². The van der Waals surface area contributed by atoms with Crippen LogP contribution in [0.5, 0.6) is 0 Å². The summed E-state index contributed by atoms with van der Waals surface area (Å²) >= 11 is 0. The van der Waals surface area contributed by atoms with Crippen molar-refractivity contribution in [2.45, 2.75) is 26.7 Å². The van der Waals surface area contributed by atoms with Gasteiger partial charge >= 0.3 is 0 Å². The van der Waals surface area contributed by atoms with Crippen LogP contribution in [0.3, 0.4) is 0 Å². The normalized spacial score (nSPS) is 10.5. The Morgan fingerprint density at radius 1 is 0.923 bits per heavy atom. The van der Waals surface area contributed by atoms with Crippen LogP contribution in [-0.4, -0.2) is 11.7 Å². The maximum absolute atomic E-state index is 12.1. The first kappa shape index (κ1) is 17.7. The van der Waals surface area contributed by atoms with Gasteiger partial charge in [-0.1, -0.05) is 29.8 Å². The monoisotopic (exact) mass is 347 g/mol. The number of Topliss-reactive ketones (excluding diaryl/α,β-unsaturated/α-hetero) is 1. The molecule has 3 aromatic rings. The van der Waals surface area contributed by atoms with Crippen LogP contribution in [0, 0.1) is 6.92 Å². The number of benzene rings is 2. The Bertz CT molecular complexity index is 905. The minimum atomic E-state index is -0.0890. The number of rotatable bonds is 6. The minimum Gasteiger partial charge on any atom is -0.461 e. The summed E-state index contributed by atoms with van der Waals surface area (Å²) in [5, 5.41) is 2.83. The third-order valence-electron chi connectivity index (χ3n) is 4.17. The van der Waals surface area contributed by atoms with E-state index in [4.69, 9.17) is 4.42 Å². The second-order valence-corrected chi connectivity index (χ2v) is 6.31. The van der Waals surface area contributed by atoms with Crippen LogP contribution in [0.1, 0.15) is 35.0 Å². The van der Waals surface area contributed by atoms with Crippen LogP contribution in [0.15, 0.2) is 65.1 Å². The zero-order valence-electron chi connectivity index (χ0n) is 14.9. The molecule has 0 atom stereocenters. The summed E-state index contributed by atoms with van der Waals surface area (Å²) in [6.45, 7) is 3.56. The first-order valence-electron chi connectivity index (χ1n) is 8.58. The third kappa shape index (κ3) is 4.48. The standard InChI is InChI=1S/C22H21NO3/c1-15-3-5-18(6-4-15)21-13-11-20(26-21)12-14-22(25)23-19-9-7-17(8-10-19)16(2)24/h3-11,13H,12,14H2,1-2H3,(H,23,25). The minimum absolute atomic E-state index is 0.00470. The second-order valence-electron chi connectivity index (χ2n) is 6.31. The van der Waals surface area contributed by atoms with Gasteiger partial charge in [-0.3, -0.25) is 9.59 Å². The predicted octanol–water partition coefficient (Wildman–Crippen LogP) is 5.03. The van der Waals surface area contributed by atoms with Crippen LogP contribution >= 0.6 is 0 Å². The summed E-state index contributed by atoms with van der Waals surface area (Å²) in [5.41, 5.74) is 3.53.